The second-order valence-electron chi connectivity index (χ2n) is 3.89. The smallest absolute Gasteiger partial charge is 0.157 e. The van der Waals surface area contributed by atoms with Crippen LogP contribution in [0, 0.1) is 11.3 Å². The number of ether oxygens (including phenoxy) is 3. The monoisotopic (exact) mass is 227 g/mol. The third-order valence-corrected chi connectivity index (χ3v) is 2.45. The lowest BCUT2D eigenvalue weighted by Crippen LogP contribution is -2.12. The molecule has 0 aromatic heterocycles. The minimum absolute atomic E-state index is 0.0237. The Morgan fingerprint density at radius 1 is 1.19 bits per heavy atom. The third kappa shape index (κ3) is 6.78. The van der Waals surface area contributed by atoms with Gasteiger partial charge in [0.2, 0.25) is 0 Å². The minimum atomic E-state index is 0.0237. The van der Waals surface area contributed by atoms with Crippen molar-refractivity contribution in [3.05, 3.63) is 0 Å². The first-order valence-corrected chi connectivity index (χ1v) is 6.11. The topological polar surface area (TPSA) is 51.5 Å². The quantitative estimate of drug-likeness (QED) is 0.567. The van der Waals surface area contributed by atoms with Crippen LogP contribution < -0.4 is 0 Å². The number of hydrogen-bond acceptors (Lipinski definition) is 4. The zero-order valence-corrected chi connectivity index (χ0v) is 9.82. The van der Waals surface area contributed by atoms with Gasteiger partial charge in [-0.15, -0.1) is 0 Å². The molecular formula is C12H21NO3. The molecule has 1 unspecified atom stereocenters. The van der Waals surface area contributed by atoms with Gasteiger partial charge in [0, 0.05) is 32.7 Å². The first kappa shape index (κ1) is 13.4. The fourth-order valence-corrected chi connectivity index (χ4v) is 1.57. The number of hydrogen-bond donors (Lipinski definition) is 0. The van der Waals surface area contributed by atoms with E-state index in [1.165, 1.54) is 0 Å². The van der Waals surface area contributed by atoms with Gasteiger partial charge in [0.05, 0.1) is 12.7 Å². The lowest BCUT2D eigenvalue weighted by Gasteiger charge is -2.10. The maximum atomic E-state index is 8.32. The summed E-state index contributed by atoms with van der Waals surface area (Å²) in [6.07, 6.45) is 5.61. The van der Waals surface area contributed by atoms with E-state index < -0.39 is 0 Å². The van der Waals surface area contributed by atoms with Gasteiger partial charge in [-0.25, -0.2) is 0 Å². The van der Waals surface area contributed by atoms with Gasteiger partial charge in [0.15, 0.2) is 6.29 Å². The van der Waals surface area contributed by atoms with Gasteiger partial charge in [-0.05, 0) is 25.7 Å². The second kappa shape index (κ2) is 9.59. The van der Waals surface area contributed by atoms with Crippen molar-refractivity contribution in [2.24, 2.45) is 0 Å². The zero-order valence-electron chi connectivity index (χ0n) is 9.82. The van der Waals surface area contributed by atoms with Crippen LogP contribution in [0.3, 0.4) is 0 Å². The summed E-state index contributed by atoms with van der Waals surface area (Å²) in [5, 5.41) is 8.32. The highest BCUT2D eigenvalue weighted by atomic mass is 16.7. The van der Waals surface area contributed by atoms with Gasteiger partial charge in [-0.2, -0.15) is 5.26 Å². The summed E-state index contributed by atoms with van der Waals surface area (Å²) in [6.45, 7) is 3.03. The summed E-state index contributed by atoms with van der Waals surface area (Å²) in [5.74, 6) is 0. The van der Waals surface area contributed by atoms with Crippen LogP contribution in [0.4, 0.5) is 0 Å². The van der Waals surface area contributed by atoms with Crippen molar-refractivity contribution in [3.8, 4) is 6.07 Å². The van der Waals surface area contributed by atoms with Crippen LogP contribution in [0.15, 0.2) is 0 Å². The van der Waals surface area contributed by atoms with Crippen molar-refractivity contribution < 1.29 is 14.2 Å². The maximum Gasteiger partial charge on any atom is 0.157 e. The highest BCUT2D eigenvalue weighted by Crippen LogP contribution is 2.12. The van der Waals surface area contributed by atoms with Gasteiger partial charge in [0.1, 0.15) is 0 Å². The lowest BCUT2D eigenvalue weighted by atomic mass is 10.3. The van der Waals surface area contributed by atoms with Gasteiger partial charge in [-0.3, -0.25) is 0 Å². The molecule has 0 aliphatic carbocycles. The standard InChI is InChI=1S/C12H21NO3/c13-7-2-1-3-8-14-9-5-11-16-12-6-4-10-15-12/h12H,1-6,8-11H2. The molecular weight excluding hydrogens is 206 g/mol. The van der Waals surface area contributed by atoms with Crippen LogP contribution in [-0.2, 0) is 14.2 Å². The molecule has 1 heterocycles. The van der Waals surface area contributed by atoms with Crippen molar-refractivity contribution >= 4 is 0 Å². The highest BCUT2D eigenvalue weighted by molar-refractivity contribution is 4.67. The molecule has 0 bridgehead atoms. The number of nitriles is 1. The molecule has 1 fully saturated rings. The predicted molar refractivity (Wildman–Crippen MR) is 59.8 cm³/mol. The maximum absolute atomic E-state index is 8.32. The van der Waals surface area contributed by atoms with Crippen molar-refractivity contribution in [3.63, 3.8) is 0 Å². The Hall–Kier alpha value is -0.630. The van der Waals surface area contributed by atoms with Crippen LogP contribution in [0.2, 0.25) is 0 Å². The Morgan fingerprint density at radius 3 is 2.81 bits per heavy atom. The Labute approximate surface area is 97.5 Å². The molecule has 4 nitrogen and oxygen atoms in total. The molecule has 0 radical (unpaired) electrons. The number of rotatable bonds is 9. The second-order valence-corrected chi connectivity index (χ2v) is 3.89. The summed E-state index contributed by atoms with van der Waals surface area (Å²) in [6, 6.07) is 2.12. The normalized spacial score (nSPS) is 19.8. The SMILES string of the molecule is N#CCCCCOCCCOC1CCCO1. The summed E-state index contributed by atoms with van der Waals surface area (Å²) < 4.78 is 16.2. The first-order chi connectivity index (χ1) is 7.93. The molecule has 1 atom stereocenters. The lowest BCUT2D eigenvalue weighted by molar-refractivity contribution is -0.113. The molecule has 16 heavy (non-hydrogen) atoms. The molecule has 0 aromatic carbocycles. The summed E-state index contributed by atoms with van der Waals surface area (Å²) >= 11 is 0. The molecule has 4 heteroatoms. The molecule has 1 aliphatic heterocycles. The average Bonchev–Trinajstić information content (AvgIpc) is 2.80. The van der Waals surface area contributed by atoms with Crippen LogP contribution >= 0.6 is 0 Å². The minimum Gasteiger partial charge on any atom is -0.381 e. The van der Waals surface area contributed by atoms with E-state index in [4.69, 9.17) is 19.5 Å². The highest BCUT2D eigenvalue weighted by Gasteiger charge is 2.14. The summed E-state index contributed by atoms with van der Waals surface area (Å²) in [7, 11) is 0. The molecule has 92 valence electrons. The Balaban J connectivity index is 1.73. The molecule has 0 aromatic rings. The number of unbranched alkanes of at least 4 members (excludes halogenated alkanes) is 2. The third-order valence-electron chi connectivity index (χ3n) is 2.45. The van der Waals surface area contributed by atoms with E-state index in [9.17, 15) is 0 Å². The molecule has 0 amide bonds. The van der Waals surface area contributed by atoms with E-state index in [0.717, 1.165) is 51.9 Å². The predicted octanol–water partition coefficient (Wildman–Crippen LogP) is 2.24. The van der Waals surface area contributed by atoms with Crippen molar-refractivity contribution in [2.45, 2.75) is 44.8 Å². The van der Waals surface area contributed by atoms with E-state index in [0.29, 0.717) is 13.0 Å². The number of nitrogens with zero attached hydrogens (tertiary/aromatic N) is 1. The summed E-state index contributed by atoms with van der Waals surface area (Å²) in [5.41, 5.74) is 0. The molecule has 1 saturated heterocycles. The molecule has 0 saturated carbocycles. The van der Waals surface area contributed by atoms with Gasteiger partial charge in [0.25, 0.3) is 0 Å². The summed E-state index contributed by atoms with van der Waals surface area (Å²) in [4.78, 5) is 0. The fraction of sp³-hybridized carbons (Fsp3) is 0.917. The van der Waals surface area contributed by atoms with Crippen molar-refractivity contribution in [1.29, 1.82) is 5.26 Å². The van der Waals surface area contributed by atoms with Crippen LogP contribution in [-0.4, -0.2) is 32.7 Å². The molecule has 1 aliphatic rings. The van der Waals surface area contributed by atoms with Gasteiger partial charge < -0.3 is 14.2 Å². The van der Waals surface area contributed by atoms with Gasteiger partial charge >= 0.3 is 0 Å². The van der Waals surface area contributed by atoms with E-state index in [-0.39, 0.29) is 6.29 Å². The van der Waals surface area contributed by atoms with E-state index >= 15 is 0 Å². The van der Waals surface area contributed by atoms with Crippen LogP contribution in [0.5, 0.6) is 0 Å². The average molecular weight is 227 g/mol. The van der Waals surface area contributed by atoms with Crippen LogP contribution in [0.1, 0.15) is 38.5 Å². The Morgan fingerprint density at radius 2 is 2.06 bits per heavy atom. The largest absolute Gasteiger partial charge is 0.381 e. The molecule has 0 N–H and O–H groups in total. The van der Waals surface area contributed by atoms with E-state index in [1.807, 2.05) is 0 Å². The van der Waals surface area contributed by atoms with Gasteiger partial charge in [-0.1, -0.05) is 0 Å². The Bertz CT molecular complexity index is 197. The van der Waals surface area contributed by atoms with Crippen LogP contribution in [0.25, 0.3) is 0 Å². The fourth-order valence-electron chi connectivity index (χ4n) is 1.57. The molecule has 1 rings (SSSR count). The van der Waals surface area contributed by atoms with Crippen molar-refractivity contribution in [1.82, 2.24) is 0 Å². The zero-order chi connectivity index (χ0) is 11.5. The van der Waals surface area contributed by atoms with E-state index in [1.54, 1.807) is 0 Å². The Kier molecular flexibility index (Phi) is 8.05. The first-order valence-electron chi connectivity index (χ1n) is 6.11. The van der Waals surface area contributed by atoms with E-state index in [2.05, 4.69) is 6.07 Å². The molecule has 0 spiro atoms. The van der Waals surface area contributed by atoms with Crippen molar-refractivity contribution in [2.75, 3.05) is 26.4 Å².